The molecule has 0 bridgehead atoms. The number of carboxylic acids is 1. The van der Waals surface area contributed by atoms with Gasteiger partial charge in [0.1, 0.15) is 24.2 Å². The maximum atomic E-state index is 13.4. The number of hydrogen-bond donors (Lipinski definition) is 1. The van der Waals surface area contributed by atoms with Gasteiger partial charge in [0.15, 0.2) is 0 Å². The molecule has 1 heterocycles. The van der Waals surface area contributed by atoms with Crippen LogP contribution in [-0.2, 0) is 16.0 Å². The molecule has 8 nitrogen and oxygen atoms in total. The van der Waals surface area contributed by atoms with Crippen LogP contribution < -0.4 is 0 Å². The second-order valence-electron chi connectivity index (χ2n) is 5.11. The molecule has 0 fully saturated rings. The molecule has 0 saturated carbocycles. The average molecular weight is 321 g/mol. The van der Waals surface area contributed by atoms with E-state index >= 15 is 0 Å². The maximum absolute atomic E-state index is 13.4. The molecule has 0 spiro atoms. The number of aromatic nitrogens is 4. The number of nitrogens with zero attached hydrogens (tertiary/aromatic N) is 5. The Balaban J connectivity index is 2.31. The largest absolute Gasteiger partial charge is 0.480 e. The standard InChI is InChI=1S/C14H16FN5O3/c1-9-16-17-18-20(9)12(14(23)19(2)8-13(21)22)7-10-4-3-5-11(15)6-10/h3-6,12H,7-8H2,1-2H3,(H,21,22). The van der Waals surface area contributed by atoms with Crippen LogP contribution in [0.4, 0.5) is 4.39 Å². The highest BCUT2D eigenvalue weighted by molar-refractivity contribution is 5.84. The van der Waals surface area contributed by atoms with Crippen molar-refractivity contribution >= 4 is 11.9 Å². The lowest BCUT2D eigenvalue weighted by Crippen LogP contribution is -2.39. The smallest absolute Gasteiger partial charge is 0.323 e. The highest BCUT2D eigenvalue weighted by atomic mass is 19.1. The first-order chi connectivity index (χ1) is 10.9. The normalized spacial score (nSPS) is 12.0. The van der Waals surface area contributed by atoms with Crippen LogP contribution in [0.5, 0.6) is 0 Å². The Bertz CT molecular complexity index is 718. The molecule has 0 radical (unpaired) electrons. The Morgan fingerprint density at radius 3 is 2.74 bits per heavy atom. The van der Waals surface area contributed by atoms with E-state index in [1.54, 1.807) is 19.1 Å². The number of hydrogen-bond acceptors (Lipinski definition) is 5. The van der Waals surface area contributed by atoms with Gasteiger partial charge < -0.3 is 10.0 Å². The summed E-state index contributed by atoms with van der Waals surface area (Å²) in [4.78, 5) is 24.5. The number of carbonyl (C=O) groups is 2. The predicted octanol–water partition coefficient (Wildman–Crippen LogP) is 0.447. The highest BCUT2D eigenvalue weighted by Gasteiger charge is 2.28. The number of aliphatic carboxylic acids is 1. The summed E-state index contributed by atoms with van der Waals surface area (Å²) >= 11 is 0. The second-order valence-corrected chi connectivity index (χ2v) is 5.11. The molecule has 1 aromatic heterocycles. The van der Waals surface area contributed by atoms with Gasteiger partial charge in [0.05, 0.1) is 0 Å². The lowest BCUT2D eigenvalue weighted by atomic mass is 10.0. The van der Waals surface area contributed by atoms with Crippen molar-refractivity contribution < 1.29 is 19.1 Å². The van der Waals surface area contributed by atoms with Gasteiger partial charge >= 0.3 is 5.97 Å². The Hall–Kier alpha value is -2.84. The summed E-state index contributed by atoms with van der Waals surface area (Å²) in [5.41, 5.74) is 0.585. The minimum Gasteiger partial charge on any atom is -0.480 e. The van der Waals surface area contributed by atoms with Crippen molar-refractivity contribution in [1.29, 1.82) is 0 Å². The van der Waals surface area contributed by atoms with Gasteiger partial charge in [0, 0.05) is 13.5 Å². The summed E-state index contributed by atoms with van der Waals surface area (Å²) in [7, 11) is 1.38. The molecule has 1 amide bonds. The van der Waals surface area contributed by atoms with E-state index in [4.69, 9.17) is 5.11 Å². The number of carboxylic acid groups (broad SMARTS) is 1. The molecule has 1 aromatic carbocycles. The Morgan fingerprint density at radius 1 is 1.43 bits per heavy atom. The Kier molecular flexibility index (Phi) is 4.99. The van der Waals surface area contributed by atoms with E-state index in [9.17, 15) is 14.0 Å². The van der Waals surface area contributed by atoms with Gasteiger partial charge in [0.2, 0.25) is 5.91 Å². The Labute approximate surface area is 131 Å². The third-order valence-corrected chi connectivity index (χ3v) is 3.30. The summed E-state index contributed by atoms with van der Waals surface area (Å²) in [5, 5.41) is 19.9. The summed E-state index contributed by atoms with van der Waals surface area (Å²) in [5.74, 6) is -1.60. The van der Waals surface area contributed by atoms with E-state index in [1.165, 1.54) is 23.9 Å². The van der Waals surface area contributed by atoms with E-state index < -0.39 is 30.3 Å². The van der Waals surface area contributed by atoms with Crippen LogP contribution in [0.25, 0.3) is 0 Å². The van der Waals surface area contributed by atoms with E-state index in [0.717, 1.165) is 4.90 Å². The third-order valence-electron chi connectivity index (χ3n) is 3.30. The number of rotatable bonds is 6. The van der Waals surface area contributed by atoms with Crippen LogP contribution in [0.2, 0.25) is 0 Å². The summed E-state index contributed by atoms with van der Waals surface area (Å²) in [6, 6.07) is 4.99. The number of amides is 1. The molecular formula is C14H16FN5O3. The number of benzene rings is 1. The van der Waals surface area contributed by atoms with Crippen LogP contribution in [0.15, 0.2) is 24.3 Å². The van der Waals surface area contributed by atoms with Crippen LogP contribution in [-0.4, -0.2) is 55.7 Å². The van der Waals surface area contributed by atoms with Crippen LogP contribution in [0.1, 0.15) is 17.4 Å². The van der Waals surface area contributed by atoms with Crippen molar-refractivity contribution in [2.75, 3.05) is 13.6 Å². The molecule has 0 aliphatic heterocycles. The van der Waals surface area contributed by atoms with Gasteiger partial charge in [0.25, 0.3) is 0 Å². The summed E-state index contributed by atoms with van der Waals surface area (Å²) in [6.45, 7) is 1.18. The van der Waals surface area contributed by atoms with E-state index in [1.807, 2.05) is 0 Å². The zero-order chi connectivity index (χ0) is 17.0. The van der Waals surface area contributed by atoms with E-state index in [0.29, 0.717) is 11.4 Å². The van der Waals surface area contributed by atoms with Gasteiger partial charge in [-0.2, -0.15) is 0 Å². The number of tetrazole rings is 1. The first-order valence-corrected chi connectivity index (χ1v) is 6.84. The molecule has 2 aromatic rings. The van der Waals surface area contributed by atoms with Crippen LogP contribution in [0.3, 0.4) is 0 Å². The predicted molar refractivity (Wildman–Crippen MR) is 77.0 cm³/mol. The molecule has 23 heavy (non-hydrogen) atoms. The quantitative estimate of drug-likeness (QED) is 0.829. The monoisotopic (exact) mass is 321 g/mol. The van der Waals surface area contributed by atoms with E-state index in [2.05, 4.69) is 15.5 Å². The fourth-order valence-corrected chi connectivity index (χ4v) is 2.23. The molecule has 2 rings (SSSR count). The lowest BCUT2D eigenvalue weighted by Gasteiger charge is -2.23. The molecule has 1 unspecified atom stereocenters. The van der Waals surface area contributed by atoms with Gasteiger partial charge in [-0.25, -0.2) is 9.07 Å². The molecule has 122 valence electrons. The molecular weight excluding hydrogens is 305 g/mol. The minimum atomic E-state index is -1.13. The fourth-order valence-electron chi connectivity index (χ4n) is 2.23. The third kappa shape index (κ3) is 4.09. The van der Waals surface area contributed by atoms with Crippen molar-refractivity contribution in [3.05, 3.63) is 41.5 Å². The average Bonchev–Trinajstić information content (AvgIpc) is 2.89. The molecule has 9 heteroatoms. The number of halogens is 1. The molecule has 1 atom stereocenters. The summed E-state index contributed by atoms with van der Waals surface area (Å²) in [6.07, 6.45) is 0.145. The number of carbonyl (C=O) groups excluding carboxylic acids is 1. The molecule has 1 N–H and O–H groups in total. The first-order valence-electron chi connectivity index (χ1n) is 6.84. The van der Waals surface area contributed by atoms with E-state index in [-0.39, 0.29) is 6.42 Å². The van der Waals surface area contributed by atoms with Crippen molar-refractivity contribution in [3.63, 3.8) is 0 Å². The van der Waals surface area contributed by atoms with Crippen molar-refractivity contribution in [2.45, 2.75) is 19.4 Å². The van der Waals surface area contributed by atoms with Gasteiger partial charge in [-0.1, -0.05) is 12.1 Å². The second kappa shape index (κ2) is 6.95. The van der Waals surface area contributed by atoms with Crippen LogP contribution in [0, 0.1) is 12.7 Å². The first kappa shape index (κ1) is 16.5. The fraction of sp³-hybridized carbons (Fsp3) is 0.357. The van der Waals surface area contributed by atoms with Crippen molar-refractivity contribution in [3.8, 4) is 0 Å². The van der Waals surface area contributed by atoms with Crippen LogP contribution >= 0.6 is 0 Å². The molecule has 0 saturated heterocycles. The van der Waals surface area contributed by atoms with Gasteiger partial charge in [-0.3, -0.25) is 9.59 Å². The van der Waals surface area contributed by atoms with Crippen molar-refractivity contribution in [2.24, 2.45) is 0 Å². The number of aryl methyl sites for hydroxylation is 1. The number of likely N-dealkylation sites (N-methyl/N-ethyl adjacent to an activating group) is 1. The maximum Gasteiger partial charge on any atom is 0.323 e. The minimum absolute atomic E-state index is 0.145. The van der Waals surface area contributed by atoms with Gasteiger partial charge in [-0.15, -0.1) is 5.10 Å². The topological polar surface area (TPSA) is 101 Å². The highest BCUT2D eigenvalue weighted by Crippen LogP contribution is 2.18. The molecule has 0 aliphatic carbocycles. The van der Waals surface area contributed by atoms with Gasteiger partial charge in [-0.05, 0) is 35.0 Å². The lowest BCUT2D eigenvalue weighted by molar-refractivity contribution is -0.145. The zero-order valence-electron chi connectivity index (χ0n) is 12.7. The summed E-state index contributed by atoms with van der Waals surface area (Å²) < 4.78 is 14.7. The molecule has 0 aliphatic rings. The Morgan fingerprint density at radius 2 is 2.17 bits per heavy atom. The zero-order valence-corrected chi connectivity index (χ0v) is 12.7. The van der Waals surface area contributed by atoms with Crippen molar-refractivity contribution in [1.82, 2.24) is 25.1 Å². The SMILES string of the molecule is Cc1nnnn1C(Cc1cccc(F)c1)C(=O)N(C)CC(=O)O.